The molecule has 1 aliphatic heterocycles. The fourth-order valence-corrected chi connectivity index (χ4v) is 3.67. The Balaban J connectivity index is 1.33. The quantitative estimate of drug-likeness (QED) is 0.678. The van der Waals surface area contributed by atoms with Gasteiger partial charge in [-0.05, 0) is 24.6 Å². The monoisotopic (exact) mass is 396 g/mol. The first kappa shape index (κ1) is 16.4. The van der Waals surface area contributed by atoms with Crippen LogP contribution in [-0.4, -0.2) is 29.1 Å². The van der Waals surface area contributed by atoms with E-state index in [2.05, 4.69) is 72.5 Å². The van der Waals surface area contributed by atoms with Crippen molar-refractivity contribution in [2.45, 2.75) is 19.0 Å². The van der Waals surface area contributed by atoms with Crippen molar-refractivity contribution in [2.24, 2.45) is 0 Å². The molecule has 0 spiro atoms. The van der Waals surface area contributed by atoms with Crippen molar-refractivity contribution in [2.75, 3.05) is 18.0 Å². The van der Waals surface area contributed by atoms with E-state index in [4.69, 9.17) is 0 Å². The Hall–Kier alpha value is -2.11. The molecule has 0 saturated carbocycles. The van der Waals surface area contributed by atoms with E-state index in [0.29, 0.717) is 6.04 Å². The second-order valence-electron chi connectivity index (χ2n) is 6.42. The first-order valence-electron chi connectivity index (χ1n) is 8.61. The third-order valence-electron chi connectivity index (χ3n) is 4.62. The summed E-state index contributed by atoms with van der Waals surface area (Å²) < 4.78 is 1.13. The van der Waals surface area contributed by atoms with E-state index in [1.807, 2.05) is 24.4 Å². The van der Waals surface area contributed by atoms with Gasteiger partial charge in [0.2, 0.25) is 0 Å². The number of nitrogens with zero attached hydrogens (tertiary/aromatic N) is 2. The molecule has 0 radical (unpaired) electrons. The number of nitrogens with one attached hydrogen (secondary N) is 2. The van der Waals surface area contributed by atoms with Crippen LogP contribution in [0.3, 0.4) is 0 Å². The van der Waals surface area contributed by atoms with Gasteiger partial charge in [-0.2, -0.15) is 0 Å². The number of anilines is 1. The van der Waals surface area contributed by atoms with E-state index in [0.717, 1.165) is 47.6 Å². The number of benzene rings is 2. The Bertz CT molecular complexity index is 830. The molecule has 128 valence electrons. The highest BCUT2D eigenvalue weighted by Crippen LogP contribution is 2.24. The van der Waals surface area contributed by atoms with Crippen LogP contribution >= 0.6 is 15.9 Å². The topological polar surface area (TPSA) is 44.0 Å². The largest absolute Gasteiger partial charge is 0.370 e. The van der Waals surface area contributed by atoms with Gasteiger partial charge in [0.25, 0.3) is 0 Å². The molecular formula is C20H21BrN4. The van der Waals surface area contributed by atoms with Gasteiger partial charge in [-0.25, -0.2) is 4.98 Å². The molecule has 1 aliphatic rings. The first-order chi connectivity index (χ1) is 12.3. The lowest BCUT2D eigenvalue weighted by molar-refractivity contribution is 0.547. The smallest absolute Gasteiger partial charge is 0.137 e. The number of halogens is 1. The Morgan fingerprint density at radius 2 is 2.04 bits per heavy atom. The summed E-state index contributed by atoms with van der Waals surface area (Å²) in [5, 5.41) is 3.65. The summed E-state index contributed by atoms with van der Waals surface area (Å²) >= 11 is 3.55. The van der Waals surface area contributed by atoms with E-state index < -0.39 is 0 Å². The van der Waals surface area contributed by atoms with Crippen LogP contribution in [-0.2, 0) is 6.54 Å². The minimum Gasteiger partial charge on any atom is -0.370 e. The molecule has 1 saturated heterocycles. The summed E-state index contributed by atoms with van der Waals surface area (Å²) in [5.74, 6) is 0.930. The van der Waals surface area contributed by atoms with Gasteiger partial charge in [0.1, 0.15) is 5.82 Å². The molecule has 1 unspecified atom stereocenters. The molecule has 0 bridgehead atoms. The molecular weight excluding hydrogens is 376 g/mol. The fraction of sp³-hybridized carbons (Fsp3) is 0.250. The van der Waals surface area contributed by atoms with Crippen LogP contribution in [0.15, 0.2) is 65.3 Å². The SMILES string of the molecule is Brc1cccc(N2CCC(NCc3cnc(-c4ccccc4)[nH]3)C2)c1. The lowest BCUT2D eigenvalue weighted by atomic mass is 10.2. The van der Waals surface area contributed by atoms with E-state index in [1.165, 1.54) is 5.69 Å². The maximum Gasteiger partial charge on any atom is 0.137 e. The van der Waals surface area contributed by atoms with Crippen molar-refractivity contribution in [3.8, 4) is 11.4 Å². The van der Waals surface area contributed by atoms with Gasteiger partial charge in [0, 0.05) is 53.3 Å². The van der Waals surface area contributed by atoms with Crippen LogP contribution in [0.4, 0.5) is 5.69 Å². The molecule has 25 heavy (non-hydrogen) atoms. The van der Waals surface area contributed by atoms with Gasteiger partial charge in [-0.15, -0.1) is 0 Å². The van der Waals surface area contributed by atoms with E-state index in [-0.39, 0.29) is 0 Å². The van der Waals surface area contributed by atoms with Gasteiger partial charge in [0.15, 0.2) is 0 Å². The summed E-state index contributed by atoms with van der Waals surface area (Å²) in [7, 11) is 0. The third-order valence-corrected chi connectivity index (χ3v) is 5.11. The van der Waals surface area contributed by atoms with E-state index >= 15 is 0 Å². The average Bonchev–Trinajstić information content (AvgIpc) is 3.30. The number of H-pyrrole nitrogens is 1. The Kier molecular flexibility index (Phi) is 4.85. The fourth-order valence-electron chi connectivity index (χ4n) is 3.28. The number of hydrogen-bond donors (Lipinski definition) is 2. The van der Waals surface area contributed by atoms with Crippen LogP contribution < -0.4 is 10.2 Å². The summed E-state index contributed by atoms with van der Waals surface area (Å²) in [6, 6.07) is 19.3. The molecule has 1 atom stereocenters. The molecule has 5 heteroatoms. The molecule has 2 N–H and O–H groups in total. The summed E-state index contributed by atoms with van der Waals surface area (Å²) in [5.41, 5.74) is 3.53. The Morgan fingerprint density at radius 1 is 1.16 bits per heavy atom. The van der Waals surface area contributed by atoms with Crippen LogP contribution in [0.25, 0.3) is 11.4 Å². The highest BCUT2D eigenvalue weighted by Gasteiger charge is 2.22. The standard InChI is InChI=1S/C20H21BrN4/c21-16-7-4-8-19(11-16)25-10-9-17(14-25)22-12-18-13-23-20(24-18)15-5-2-1-3-6-15/h1-8,11,13,17,22H,9-10,12,14H2,(H,23,24). The van der Waals surface area contributed by atoms with Crippen LogP contribution in [0.2, 0.25) is 0 Å². The van der Waals surface area contributed by atoms with Crippen LogP contribution in [0, 0.1) is 0 Å². The molecule has 3 aromatic rings. The van der Waals surface area contributed by atoms with Crippen molar-refractivity contribution in [1.82, 2.24) is 15.3 Å². The summed E-state index contributed by atoms with van der Waals surface area (Å²) in [6.07, 6.45) is 3.09. The third kappa shape index (κ3) is 3.94. The van der Waals surface area contributed by atoms with Crippen molar-refractivity contribution >= 4 is 21.6 Å². The normalized spacial score (nSPS) is 17.2. The highest BCUT2D eigenvalue weighted by molar-refractivity contribution is 9.10. The predicted octanol–water partition coefficient (Wildman–Crippen LogP) is 4.21. The average molecular weight is 397 g/mol. The molecule has 4 rings (SSSR count). The van der Waals surface area contributed by atoms with Gasteiger partial charge < -0.3 is 15.2 Å². The van der Waals surface area contributed by atoms with E-state index in [9.17, 15) is 0 Å². The summed E-state index contributed by atoms with van der Waals surface area (Å²) in [4.78, 5) is 10.3. The first-order valence-corrected chi connectivity index (χ1v) is 9.40. The molecule has 4 nitrogen and oxygen atoms in total. The lowest BCUT2D eigenvalue weighted by Gasteiger charge is -2.19. The second-order valence-corrected chi connectivity index (χ2v) is 7.33. The Labute approximate surface area is 156 Å². The predicted molar refractivity (Wildman–Crippen MR) is 106 cm³/mol. The van der Waals surface area contributed by atoms with Crippen LogP contribution in [0.1, 0.15) is 12.1 Å². The zero-order valence-corrected chi connectivity index (χ0v) is 15.5. The molecule has 2 heterocycles. The maximum absolute atomic E-state index is 4.49. The lowest BCUT2D eigenvalue weighted by Crippen LogP contribution is -2.32. The van der Waals surface area contributed by atoms with Gasteiger partial charge in [0.05, 0.1) is 0 Å². The molecule has 2 aromatic carbocycles. The number of imidazole rings is 1. The molecule has 0 amide bonds. The van der Waals surface area contributed by atoms with Crippen molar-refractivity contribution in [1.29, 1.82) is 0 Å². The minimum atomic E-state index is 0.502. The van der Waals surface area contributed by atoms with Crippen LogP contribution in [0.5, 0.6) is 0 Å². The highest BCUT2D eigenvalue weighted by atomic mass is 79.9. The number of aromatic nitrogens is 2. The zero-order chi connectivity index (χ0) is 17.1. The molecule has 1 aromatic heterocycles. The van der Waals surface area contributed by atoms with Gasteiger partial charge >= 0.3 is 0 Å². The minimum absolute atomic E-state index is 0.502. The van der Waals surface area contributed by atoms with Gasteiger partial charge in [-0.3, -0.25) is 0 Å². The van der Waals surface area contributed by atoms with E-state index in [1.54, 1.807) is 0 Å². The number of rotatable bonds is 5. The maximum atomic E-state index is 4.49. The van der Waals surface area contributed by atoms with Crippen molar-refractivity contribution in [3.63, 3.8) is 0 Å². The number of aromatic amines is 1. The molecule has 1 fully saturated rings. The Morgan fingerprint density at radius 3 is 2.88 bits per heavy atom. The zero-order valence-electron chi connectivity index (χ0n) is 14.0. The van der Waals surface area contributed by atoms with Crippen molar-refractivity contribution in [3.05, 3.63) is 71.0 Å². The van der Waals surface area contributed by atoms with Crippen molar-refractivity contribution < 1.29 is 0 Å². The summed E-state index contributed by atoms with van der Waals surface area (Å²) in [6.45, 7) is 2.94. The molecule has 0 aliphatic carbocycles. The second kappa shape index (κ2) is 7.42. The number of hydrogen-bond acceptors (Lipinski definition) is 3. The van der Waals surface area contributed by atoms with Gasteiger partial charge in [-0.1, -0.05) is 52.3 Å².